The Balaban J connectivity index is 1.82. The molecule has 144 valence electrons. The summed E-state index contributed by atoms with van der Waals surface area (Å²) in [4.78, 5) is 21.5. The van der Waals surface area contributed by atoms with Gasteiger partial charge in [-0.3, -0.25) is 4.79 Å². The van der Waals surface area contributed by atoms with Crippen LogP contribution in [0.2, 0.25) is 5.02 Å². The van der Waals surface area contributed by atoms with Crippen molar-refractivity contribution in [3.05, 3.63) is 58.4 Å². The first-order chi connectivity index (χ1) is 15.1. The molecule has 0 radical (unpaired) electrons. The normalized spacial score (nSPS) is 26.1. The molecule has 27 heavy (non-hydrogen) atoms. The van der Waals surface area contributed by atoms with Crippen LogP contribution < -0.4 is 0 Å². The molecule has 2 aromatic rings. The maximum absolute atomic E-state index is 16.0. The summed E-state index contributed by atoms with van der Waals surface area (Å²) >= 11 is 5.70. The fraction of sp³-hybridized carbons (Fsp3) is 0.450. The maximum atomic E-state index is 16.0. The van der Waals surface area contributed by atoms with E-state index in [2.05, 4.69) is 9.97 Å². The van der Waals surface area contributed by atoms with Crippen molar-refractivity contribution in [3.63, 3.8) is 0 Å². The number of amides is 1. The van der Waals surface area contributed by atoms with Crippen molar-refractivity contribution >= 4 is 17.5 Å². The molecule has 4 nitrogen and oxygen atoms in total. The number of rotatable bonds is 5. The van der Waals surface area contributed by atoms with E-state index in [4.69, 9.17) is 19.8 Å². The number of piperidine rings is 1. The third-order valence-electron chi connectivity index (χ3n) is 4.13. The predicted octanol–water partition coefficient (Wildman–Crippen LogP) is 4.54. The fourth-order valence-corrected chi connectivity index (χ4v) is 2.74. The van der Waals surface area contributed by atoms with Gasteiger partial charge in [0.15, 0.2) is 0 Å². The highest BCUT2D eigenvalue weighted by Crippen LogP contribution is 2.32. The Hall–Kier alpha value is -2.08. The third kappa shape index (κ3) is 5.01. The van der Waals surface area contributed by atoms with E-state index in [9.17, 15) is 9.18 Å². The van der Waals surface area contributed by atoms with E-state index in [1.807, 2.05) is 0 Å². The van der Waals surface area contributed by atoms with E-state index in [1.165, 1.54) is 18.5 Å². The molecule has 0 aliphatic carbocycles. The van der Waals surface area contributed by atoms with Gasteiger partial charge in [-0.25, -0.2) is 18.7 Å². The molecule has 0 saturated carbocycles. The van der Waals surface area contributed by atoms with Gasteiger partial charge in [0.25, 0.3) is 5.91 Å². The second-order valence-corrected chi connectivity index (χ2v) is 6.61. The van der Waals surface area contributed by atoms with Crippen LogP contribution in [0.3, 0.4) is 0 Å². The van der Waals surface area contributed by atoms with Crippen LogP contribution in [0.25, 0.3) is 0 Å². The molecular weight excluding hydrogens is 372 g/mol. The van der Waals surface area contributed by atoms with E-state index >= 15 is 4.39 Å². The average Bonchev–Trinajstić information content (AvgIpc) is 2.71. The van der Waals surface area contributed by atoms with Gasteiger partial charge in [0, 0.05) is 45.6 Å². The molecule has 0 spiro atoms. The molecule has 1 aliphatic heterocycles. The van der Waals surface area contributed by atoms with Crippen molar-refractivity contribution < 1.29 is 21.8 Å². The number of carbonyl (C=O) groups excluding carboxylic acids is 1. The Bertz CT molecular complexity index is 1060. The van der Waals surface area contributed by atoms with Crippen molar-refractivity contribution in [2.24, 2.45) is 0 Å². The van der Waals surface area contributed by atoms with Gasteiger partial charge in [-0.15, -0.1) is 0 Å². The summed E-state index contributed by atoms with van der Waals surface area (Å²) in [6.45, 7) is 0.590. The number of likely N-dealkylation sites (tertiary alicyclic amines) is 1. The minimum Gasteiger partial charge on any atom is -0.338 e. The van der Waals surface area contributed by atoms with Crippen molar-refractivity contribution in [2.75, 3.05) is 13.1 Å². The van der Waals surface area contributed by atoms with Crippen LogP contribution in [0.5, 0.6) is 0 Å². The first-order valence-electron chi connectivity index (χ1n) is 11.3. The zero-order chi connectivity index (χ0) is 24.8. The highest BCUT2D eigenvalue weighted by molar-refractivity contribution is 6.31. The van der Waals surface area contributed by atoms with Crippen LogP contribution in [0.15, 0.2) is 30.6 Å². The molecule has 1 saturated heterocycles. The van der Waals surface area contributed by atoms with Crippen LogP contribution in [0, 0.1) is 12.7 Å². The van der Waals surface area contributed by atoms with E-state index in [0.717, 1.165) is 17.0 Å². The van der Waals surface area contributed by atoms with Crippen LogP contribution >= 0.6 is 11.6 Å². The largest absolute Gasteiger partial charge is 0.338 e. The lowest BCUT2D eigenvalue weighted by Crippen LogP contribution is -2.44. The number of benzene rings is 1. The summed E-state index contributed by atoms with van der Waals surface area (Å²) < 4.78 is 78.9. The standard InChI is InChI=1S/C20H22ClF2N3O/c1-14-12-24-18(25-13-14)3-2-6-20(23)7-9-26(10-8-20)19(27)15-4-5-17(22)16(21)11-15/h4-5,11-13H,2-3,6-10H2,1H3/i3D2,6D2,7D2. The van der Waals surface area contributed by atoms with E-state index in [1.54, 1.807) is 6.92 Å². The second-order valence-electron chi connectivity index (χ2n) is 6.20. The molecule has 1 fully saturated rings. The van der Waals surface area contributed by atoms with Crippen LogP contribution in [-0.2, 0) is 6.37 Å². The van der Waals surface area contributed by atoms with Gasteiger partial charge in [-0.2, -0.15) is 0 Å². The summed E-state index contributed by atoms with van der Waals surface area (Å²) in [5.41, 5.74) is -2.45. The highest BCUT2D eigenvalue weighted by Gasteiger charge is 2.35. The molecule has 1 aliphatic rings. The second kappa shape index (κ2) is 8.30. The zero-order valence-electron chi connectivity index (χ0n) is 20.6. The van der Waals surface area contributed by atoms with Crippen molar-refractivity contribution in [1.82, 2.24) is 14.9 Å². The Morgan fingerprint density at radius 2 is 2.15 bits per heavy atom. The van der Waals surface area contributed by atoms with Gasteiger partial charge in [0.05, 0.1) is 5.02 Å². The summed E-state index contributed by atoms with van der Waals surface area (Å²) in [7, 11) is 0. The number of hydrogen-bond acceptors (Lipinski definition) is 3. The lowest BCUT2D eigenvalue weighted by molar-refractivity contribution is 0.0389. The summed E-state index contributed by atoms with van der Waals surface area (Å²) in [6, 6.07) is 3.24. The molecule has 7 heteroatoms. The molecule has 1 aromatic carbocycles. The first kappa shape index (κ1) is 13.2. The molecule has 1 amide bonds. The molecule has 3 rings (SSSR count). The average molecular weight is 400 g/mol. The minimum atomic E-state index is -3.10. The van der Waals surface area contributed by atoms with E-state index in [-0.39, 0.29) is 23.0 Å². The molecule has 0 N–H and O–H groups in total. The summed E-state index contributed by atoms with van der Waals surface area (Å²) in [5.74, 6) is -1.77. The number of alkyl halides is 1. The third-order valence-corrected chi connectivity index (χ3v) is 4.42. The SMILES string of the molecule is [2H]C([2H])(CC([2H])([2H])C1(F)CCN(C(=O)c2ccc(F)c(Cl)c2)CC1([2H])[2H])c1ncc(C)cn1. The van der Waals surface area contributed by atoms with Gasteiger partial charge < -0.3 is 4.90 Å². The van der Waals surface area contributed by atoms with E-state index in [0.29, 0.717) is 5.56 Å². The van der Waals surface area contributed by atoms with Crippen molar-refractivity contribution in [3.8, 4) is 0 Å². The van der Waals surface area contributed by atoms with Crippen LogP contribution in [0.4, 0.5) is 8.78 Å². The van der Waals surface area contributed by atoms with Crippen LogP contribution in [0.1, 0.15) is 55.6 Å². The summed E-state index contributed by atoms with van der Waals surface area (Å²) in [5, 5.41) is -0.294. The van der Waals surface area contributed by atoms with Crippen LogP contribution in [-0.4, -0.2) is 39.5 Å². The van der Waals surface area contributed by atoms with Gasteiger partial charge in [0.2, 0.25) is 0 Å². The quantitative estimate of drug-likeness (QED) is 0.741. The number of aryl methyl sites for hydroxylation is 2. The number of carbonyl (C=O) groups is 1. The monoisotopic (exact) mass is 399 g/mol. The van der Waals surface area contributed by atoms with Gasteiger partial charge >= 0.3 is 0 Å². The Morgan fingerprint density at radius 1 is 1.41 bits per heavy atom. The molecule has 1 aromatic heterocycles. The predicted molar refractivity (Wildman–Crippen MR) is 100 cm³/mol. The first-order valence-corrected chi connectivity index (χ1v) is 8.70. The molecule has 0 bridgehead atoms. The van der Waals surface area contributed by atoms with Gasteiger partial charge in [0.1, 0.15) is 17.3 Å². The Kier molecular flexibility index (Phi) is 4.04. The molecule has 2 heterocycles. The lowest BCUT2D eigenvalue weighted by atomic mass is 9.88. The van der Waals surface area contributed by atoms with Gasteiger partial charge in [-0.1, -0.05) is 11.6 Å². The Morgan fingerprint density at radius 3 is 2.81 bits per heavy atom. The molecular formula is C20H22ClF2N3O. The van der Waals surface area contributed by atoms with Crippen molar-refractivity contribution in [1.29, 1.82) is 0 Å². The minimum absolute atomic E-state index is 0.0144. The highest BCUT2D eigenvalue weighted by atomic mass is 35.5. The maximum Gasteiger partial charge on any atom is 0.253 e. The smallest absolute Gasteiger partial charge is 0.253 e. The molecule has 1 unspecified atom stereocenters. The zero-order valence-corrected chi connectivity index (χ0v) is 15.4. The number of halogens is 3. The topological polar surface area (TPSA) is 46.1 Å². The molecule has 1 atom stereocenters. The number of nitrogens with zero attached hydrogens (tertiary/aromatic N) is 3. The Labute approximate surface area is 171 Å². The fourth-order valence-electron chi connectivity index (χ4n) is 2.56. The number of hydrogen-bond donors (Lipinski definition) is 0. The van der Waals surface area contributed by atoms with Crippen molar-refractivity contribution in [2.45, 2.75) is 44.6 Å². The lowest BCUT2D eigenvalue weighted by Gasteiger charge is -2.36. The number of aromatic nitrogens is 2. The summed E-state index contributed by atoms with van der Waals surface area (Å²) in [6.07, 6.45) is -7.30. The van der Waals surface area contributed by atoms with E-state index < -0.39 is 55.9 Å². The van der Waals surface area contributed by atoms with Gasteiger partial charge in [-0.05, 0) is 56.3 Å².